The van der Waals surface area contributed by atoms with Gasteiger partial charge in [0.1, 0.15) is 0 Å². The van der Waals surface area contributed by atoms with Crippen molar-refractivity contribution in [3.8, 4) is 0 Å². The zero-order chi connectivity index (χ0) is 10.6. The molecule has 0 bridgehead atoms. The van der Waals surface area contributed by atoms with E-state index in [-0.39, 0.29) is 5.91 Å². The Balaban J connectivity index is 2.19. The van der Waals surface area contributed by atoms with Gasteiger partial charge in [0.25, 0.3) is 0 Å². The highest BCUT2D eigenvalue weighted by Gasteiger charge is 2.20. The molecule has 0 radical (unpaired) electrons. The maximum absolute atomic E-state index is 10.6. The minimum Gasteiger partial charge on any atom is -0.370 e. The van der Waals surface area contributed by atoms with Gasteiger partial charge in [0, 0.05) is 19.0 Å². The second kappa shape index (κ2) is 5.32. The van der Waals surface area contributed by atoms with Crippen LogP contribution in [0.3, 0.4) is 0 Å². The third-order valence-electron chi connectivity index (χ3n) is 2.96. The predicted molar refractivity (Wildman–Crippen MR) is 57.0 cm³/mol. The van der Waals surface area contributed by atoms with Crippen LogP contribution < -0.4 is 5.73 Å². The predicted octanol–water partition coefficient (Wildman–Crippen LogP) is -0.112. The fourth-order valence-corrected chi connectivity index (χ4v) is 1.93. The summed E-state index contributed by atoms with van der Waals surface area (Å²) in [6.45, 7) is 3.02. The van der Waals surface area contributed by atoms with Gasteiger partial charge < -0.3 is 15.5 Å². The normalized spacial score (nSPS) is 20.2. The topological polar surface area (TPSA) is 49.6 Å². The highest BCUT2D eigenvalue weighted by molar-refractivity contribution is 5.73. The Morgan fingerprint density at radius 2 is 2.00 bits per heavy atom. The molecule has 1 aliphatic rings. The minimum atomic E-state index is -0.195. The average Bonchev–Trinajstić information content (AvgIpc) is 2.15. The van der Waals surface area contributed by atoms with Crippen LogP contribution in [-0.2, 0) is 4.79 Å². The van der Waals surface area contributed by atoms with Gasteiger partial charge in [-0.25, -0.2) is 0 Å². The number of rotatable bonds is 4. The summed E-state index contributed by atoms with van der Waals surface area (Å²) < 4.78 is 0. The number of carbonyl (C=O) groups excluding carboxylic acids is 1. The highest BCUT2D eigenvalue weighted by Crippen LogP contribution is 2.13. The van der Waals surface area contributed by atoms with Gasteiger partial charge in [-0.15, -0.1) is 0 Å². The van der Waals surface area contributed by atoms with Crippen LogP contribution in [0, 0.1) is 0 Å². The fourth-order valence-electron chi connectivity index (χ4n) is 1.93. The van der Waals surface area contributed by atoms with Gasteiger partial charge >= 0.3 is 0 Å². The number of nitrogens with zero attached hydrogens (tertiary/aromatic N) is 2. The van der Waals surface area contributed by atoms with Gasteiger partial charge in [0.2, 0.25) is 5.91 Å². The molecule has 2 N–H and O–H groups in total. The summed E-state index contributed by atoms with van der Waals surface area (Å²) in [5.41, 5.74) is 5.11. The van der Waals surface area contributed by atoms with Gasteiger partial charge in [-0.05, 0) is 40.0 Å². The maximum Gasteiger partial charge on any atom is 0.218 e. The van der Waals surface area contributed by atoms with Crippen molar-refractivity contribution in [3.05, 3.63) is 0 Å². The van der Waals surface area contributed by atoms with Gasteiger partial charge in [-0.2, -0.15) is 0 Å². The first-order valence-corrected chi connectivity index (χ1v) is 5.26. The van der Waals surface area contributed by atoms with E-state index in [4.69, 9.17) is 5.73 Å². The molecule has 0 unspecified atom stereocenters. The SMILES string of the molecule is CN(C)C1CCN(CCC(N)=O)CC1. The molecule has 0 spiro atoms. The first-order valence-electron chi connectivity index (χ1n) is 5.26. The molecule has 1 fully saturated rings. The summed E-state index contributed by atoms with van der Waals surface area (Å²) in [6, 6.07) is 0.708. The molecule has 1 heterocycles. The van der Waals surface area contributed by atoms with E-state index in [1.807, 2.05) is 0 Å². The second-order valence-electron chi connectivity index (χ2n) is 4.25. The summed E-state index contributed by atoms with van der Waals surface area (Å²) in [6.07, 6.45) is 2.89. The summed E-state index contributed by atoms with van der Waals surface area (Å²) in [7, 11) is 4.26. The monoisotopic (exact) mass is 199 g/mol. The van der Waals surface area contributed by atoms with Crippen LogP contribution in [0.1, 0.15) is 19.3 Å². The third-order valence-corrected chi connectivity index (χ3v) is 2.96. The Kier molecular flexibility index (Phi) is 4.35. The number of hydrogen-bond donors (Lipinski definition) is 1. The molecule has 1 amide bonds. The molecule has 0 aliphatic carbocycles. The molecule has 1 saturated heterocycles. The molecule has 0 saturated carbocycles. The second-order valence-corrected chi connectivity index (χ2v) is 4.25. The molecular formula is C10H21N3O. The lowest BCUT2D eigenvalue weighted by Crippen LogP contribution is -2.42. The van der Waals surface area contributed by atoms with E-state index in [0.717, 1.165) is 19.6 Å². The maximum atomic E-state index is 10.6. The van der Waals surface area contributed by atoms with E-state index in [2.05, 4.69) is 23.9 Å². The van der Waals surface area contributed by atoms with Crippen molar-refractivity contribution in [2.24, 2.45) is 5.73 Å². The number of hydrogen-bond acceptors (Lipinski definition) is 3. The number of piperidine rings is 1. The van der Waals surface area contributed by atoms with Crippen LogP contribution >= 0.6 is 0 Å². The Morgan fingerprint density at radius 3 is 2.43 bits per heavy atom. The van der Waals surface area contributed by atoms with Gasteiger partial charge in [-0.1, -0.05) is 0 Å². The zero-order valence-corrected chi connectivity index (χ0v) is 9.20. The smallest absolute Gasteiger partial charge is 0.218 e. The fraction of sp³-hybridized carbons (Fsp3) is 0.900. The van der Waals surface area contributed by atoms with Gasteiger partial charge in [-0.3, -0.25) is 4.79 Å². The molecule has 82 valence electrons. The molecule has 4 nitrogen and oxygen atoms in total. The Morgan fingerprint density at radius 1 is 1.43 bits per heavy atom. The Bertz CT molecular complexity index is 186. The van der Waals surface area contributed by atoms with Crippen molar-refractivity contribution in [1.82, 2.24) is 9.80 Å². The zero-order valence-electron chi connectivity index (χ0n) is 9.20. The standard InChI is InChI=1S/C10H21N3O/c1-12(2)9-3-6-13(7-4-9)8-5-10(11)14/h9H,3-8H2,1-2H3,(H2,11,14). The van der Waals surface area contributed by atoms with E-state index < -0.39 is 0 Å². The molecule has 0 aromatic heterocycles. The van der Waals surface area contributed by atoms with Crippen molar-refractivity contribution >= 4 is 5.91 Å². The lowest BCUT2D eigenvalue weighted by molar-refractivity contribution is -0.118. The van der Waals surface area contributed by atoms with E-state index >= 15 is 0 Å². The molecule has 1 aliphatic heterocycles. The Hall–Kier alpha value is -0.610. The number of primary amides is 1. The van der Waals surface area contributed by atoms with Gasteiger partial charge in [0.15, 0.2) is 0 Å². The van der Waals surface area contributed by atoms with E-state index in [1.165, 1.54) is 12.8 Å². The van der Waals surface area contributed by atoms with Crippen LogP contribution in [0.25, 0.3) is 0 Å². The largest absolute Gasteiger partial charge is 0.370 e. The summed E-state index contributed by atoms with van der Waals surface area (Å²) in [5, 5.41) is 0. The number of nitrogens with two attached hydrogens (primary N) is 1. The molecular weight excluding hydrogens is 178 g/mol. The minimum absolute atomic E-state index is 0.195. The first-order chi connectivity index (χ1) is 6.59. The number of carbonyl (C=O) groups is 1. The summed E-state index contributed by atoms with van der Waals surface area (Å²) >= 11 is 0. The van der Waals surface area contributed by atoms with Crippen LogP contribution in [0.2, 0.25) is 0 Å². The van der Waals surface area contributed by atoms with Crippen LogP contribution in [-0.4, -0.2) is 55.5 Å². The number of amides is 1. The lowest BCUT2D eigenvalue weighted by Gasteiger charge is -2.34. The first kappa shape index (κ1) is 11.5. The van der Waals surface area contributed by atoms with E-state index in [9.17, 15) is 4.79 Å². The Labute approximate surface area is 86.0 Å². The molecule has 14 heavy (non-hydrogen) atoms. The highest BCUT2D eigenvalue weighted by atomic mass is 16.1. The third kappa shape index (κ3) is 3.64. The molecule has 0 atom stereocenters. The van der Waals surface area contributed by atoms with Crippen molar-refractivity contribution in [2.75, 3.05) is 33.7 Å². The van der Waals surface area contributed by atoms with Crippen molar-refractivity contribution in [3.63, 3.8) is 0 Å². The summed E-state index contributed by atoms with van der Waals surface area (Å²) in [5.74, 6) is -0.195. The lowest BCUT2D eigenvalue weighted by atomic mass is 10.0. The van der Waals surface area contributed by atoms with E-state index in [0.29, 0.717) is 12.5 Å². The molecule has 0 aromatic rings. The van der Waals surface area contributed by atoms with Crippen molar-refractivity contribution in [2.45, 2.75) is 25.3 Å². The van der Waals surface area contributed by atoms with E-state index in [1.54, 1.807) is 0 Å². The van der Waals surface area contributed by atoms with Crippen molar-refractivity contribution in [1.29, 1.82) is 0 Å². The number of likely N-dealkylation sites (tertiary alicyclic amines) is 1. The molecule has 0 aromatic carbocycles. The quantitative estimate of drug-likeness (QED) is 0.687. The average molecular weight is 199 g/mol. The van der Waals surface area contributed by atoms with Gasteiger partial charge in [0.05, 0.1) is 0 Å². The summed E-state index contributed by atoms with van der Waals surface area (Å²) in [4.78, 5) is 15.2. The van der Waals surface area contributed by atoms with Crippen LogP contribution in [0.4, 0.5) is 0 Å². The van der Waals surface area contributed by atoms with Crippen LogP contribution in [0.15, 0.2) is 0 Å². The molecule has 1 rings (SSSR count). The molecule has 4 heteroatoms. The van der Waals surface area contributed by atoms with Crippen LogP contribution in [0.5, 0.6) is 0 Å². The van der Waals surface area contributed by atoms with Crippen molar-refractivity contribution < 1.29 is 4.79 Å².